The summed E-state index contributed by atoms with van der Waals surface area (Å²) in [6.45, 7) is 6.35. The van der Waals surface area contributed by atoms with Crippen LogP contribution in [0.5, 0.6) is 0 Å². The van der Waals surface area contributed by atoms with Crippen molar-refractivity contribution in [1.29, 1.82) is 5.26 Å². The lowest BCUT2D eigenvalue weighted by atomic mass is 10.00. The zero-order valence-electron chi connectivity index (χ0n) is 10.6. The summed E-state index contributed by atoms with van der Waals surface area (Å²) in [5.41, 5.74) is -0.517. The molecule has 1 aliphatic rings. The summed E-state index contributed by atoms with van der Waals surface area (Å²) in [5, 5.41) is 18.5. The molecule has 5 nitrogen and oxygen atoms in total. The van der Waals surface area contributed by atoms with Gasteiger partial charge < -0.3 is 14.7 Å². The van der Waals surface area contributed by atoms with E-state index in [0.29, 0.717) is 25.9 Å². The standard InChI is InChI=1S/C12H20N2O3/c1-12(2,3)17-11(16)14-6-4-9(8-13)10(15)5-7-14/h9-10,15H,4-7H2,1-3H3/t9-,10+/m1/s1. The molecule has 1 saturated heterocycles. The van der Waals surface area contributed by atoms with Gasteiger partial charge in [-0.05, 0) is 33.6 Å². The van der Waals surface area contributed by atoms with Crippen LogP contribution in [-0.2, 0) is 4.74 Å². The molecule has 0 unspecified atom stereocenters. The third-order valence-corrected chi connectivity index (χ3v) is 2.69. The number of hydrogen-bond acceptors (Lipinski definition) is 4. The third kappa shape index (κ3) is 4.23. The lowest BCUT2D eigenvalue weighted by Gasteiger charge is -2.26. The van der Waals surface area contributed by atoms with Crippen molar-refractivity contribution in [3.05, 3.63) is 0 Å². The normalized spacial score (nSPS) is 25.9. The predicted molar refractivity (Wildman–Crippen MR) is 62.2 cm³/mol. The minimum atomic E-state index is -0.646. The van der Waals surface area contributed by atoms with Gasteiger partial charge in [-0.1, -0.05) is 0 Å². The maximum absolute atomic E-state index is 11.8. The molecule has 0 aromatic rings. The maximum atomic E-state index is 11.8. The average molecular weight is 240 g/mol. The molecule has 1 rings (SSSR count). The van der Waals surface area contributed by atoms with E-state index in [0.717, 1.165) is 0 Å². The van der Waals surface area contributed by atoms with Gasteiger partial charge in [0.15, 0.2) is 0 Å². The molecule has 0 aromatic carbocycles. The third-order valence-electron chi connectivity index (χ3n) is 2.69. The number of hydrogen-bond donors (Lipinski definition) is 1. The van der Waals surface area contributed by atoms with E-state index >= 15 is 0 Å². The van der Waals surface area contributed by atoms with E-state index in [1.54, 1.807) is 4.90 Å². The maximum Gasteiger partial charge on any atom is 0.410 e. The van der Waals surface area contributed by atoms with Crippen LogP contribution < -0.4 is 0 Å². The van der Waals surface area contributed by atoms with Crippen molar-refractivity contribution in [2.45, 2.75) is 45.3 Å². The van der Waals surface area contributed by atoms with Crippen LogP contribution in [0.2, 0.25) is 0 Å². The lowest BCUT2D eigenvalue weighted by molar-refractivity contribution is 0.0251. The van der Waals surface area contributed by atoms with Crippen LogP contribution in [0.15, 0.2) is 0 Å². The van der Waals surface area contributed by atoms with E-state index in [9.17, 15) is 9.90 Å². The Morgan fingerprint density at radius 3 is 2.53 bits per heavy atom. The van der Waals surface area contributed by atoms with Crippen molar-refractivity contribution in [3.63, 3.8) is 0 Å². The first-order valence-electron chi connectivity index (χ1n) is 5.89. The minimum Gasteiger partial charge on any atom is -0.444 e. The fourth-order valence-corrected chi connectivity index (χ4v) is 1.75. The molecule has 0 aromatic heterocycles. The van der Waals surface area contributed by atoms with Gasteiger partial charge in [-0.2, -0.15) is 5.26 Å². The molecular weight excluding hydrogens is 220 g/mol. The number of carbonyl (C=O) groups excluding carboxylic acids is 1. The van der Waals surface area contributed by atoms with Crippen LogP contribution in [0.3, 0.4) is 0 Å². The molecule has 0 aliphatic carbocycles. The molecule has 0 bridgehead atoms. The van der Waals surface area contributed by atoms with Gasteiger partial charge >= 0.3 is 6.09 Å². The van der Waals surface area contributed by atoms with Crippen LogP contribution >= 0.6 is 0 Å². The van der Waals surface area contributed by atoms with Crippen LogP contribution in [-0.4, -0.2) is 40.9 Å². The summed E-state index contributed by atoms with van der Waals surface area (Å²) in [4.78, 5) is 13.4. The summed E-state index contributed by atoms with van der Waals surface area (Å²) in [6.07, 6.45) is -0.0929. The van der Waals surface area contributed by atoms with Gasteiger partial charge in [0.05, 0.1) is 18.1 Å². The number of carbonyl (C=O) groups is 1. The summed E-state index contributed by atoms with van der Waals surface area (Å²) >= 11 is 0. The van der Waals surface area contributed by atoms with Crippen molar-refractivity contribution in [2.75, 3.05) is 13.1 Å². The Kier molecular flexibility index (Phi) is 4.35. The van der Waals surface area contributed by atoms with Gasteiger partial charge in [0.1, 0.15) is 5.60 Å². The molecular formula is C12H20N2O3. The highest BCUT2D eigenvalue weighted by molar-refractivity contribution is 5.68. The Hall–Kier alpha value is -1.28. The van der Waals surface area contributed by atoms with Crippen LogP contribution in [0.1, 0.15) is 33.6 Å². The molecule has 1 N–H and O–H groups in total. The monoisotopic (exact) mass is 240 g/mol. The topological polar surface area (TPSA) is 73.6 Å². The number of likely N-dealkylation sites (tertiary alicyclic amines) is 1. The van der Waals surface area contributed by atoms with Gasteiger partial charge in [-0.15, -0.1) is 0 Å². The van der Waals surface area contributed by atoms with Gasteiger partial charge in [0.2, 0.25) is 0 Å². The summed E-state index contributed by atoms with van der Waals surface area (Å²) in [7, 11) is 0. The average Bonchev–Trinajstić information content (AvgIpc) is 2.37. The zero-order valence-corrected chi connectivity index (χ0v) is 10.6. The molecule has 17 heavy (non-hydrogen) atoms. The molecule has 1 amide bonds. The molecule has 5 heteroatoms. The van der Waals surface area contributed by atoms with Crippen LogP contribution in [0.25, 0.3) is 0 Å². The zero-order chi connectivity index (χ0) is 13.1. The van der Waals surface area contributed by atoms with Gasteiger partial charge in [-0.3, -0.25) is 0 Å². The summed E-state index contributed by atoms with van der Waals surface area (Å²) in [5.74, 6) is -0.387. The lowest BCUT2D eigenvalue weighted by Crippen LogP contribution is -2.37. The first-order valence-corrected chi connectivity index (χ1v) is 5.89. The van der Waals surface area contributed by atoms with Crippen molar-refractivity contribution in [2.24, 2.45) is 5.92 Å². The second-order valence-electron chi connectivity index (χ2n) is 5.35. The largest absolute Gasteiger partial charge is 0.444 e. The number of nitrogens with zero attached hydrogens (tertiary/aromatic N) is 2. The van der Waals surface area contributed by atoms with E-state index in [1.165, 1.54) is 0 Å². The van der Waals surface area contributed by atoms with Crippen molar-refractivity contribution < 1.29 is 14.6 Å². The highest BCUT2D eigenvalue weighted by atomic mass is 16.6. The molecule has 96 valence electrons. The van der Waals surface area contributed by atoms with E-state index in [-0.39, 0.29) is 12.0 Å². The first-order chi connectivity index (χ1) is 7.83. The molecule has 1 aliphatic heterocycles. The smallest absolute Gasteiger partial charge is 0.410 e. The van der Waals surface area contributed by atoms with E-state index in [1.807, 2.05) is 20.8 Å². The Balaban J connectivity index is 2.57. The van der Waals surface area contributed by atoms with Crippen molar-refractivity contribution >= 4 is 6.09 Å². The molecule has 2 atom stereocenters. The Bertz CT molecular complexity index is 317. The predicted octanol–water partition coefficient (Wildman–Crippen LogP) is 1.52. The highest BCUT2D eigenvalue weighted by Crippen LogP contribution is 2.19. The molecule has 1 heterocycles. The fourth-order valence-electron chi connectivity index (χ4n) is 1.75. The summed E-state index contributed by atoms with van der Waals surface area (Å²) in [6, 6.07) is 2.07. The number of amides is 1. The highest BCUT2D eigenvalue weighted by Gasteiger charge is 2.29. The number of aliphatic hydroxyl groups is 1. The molecule has 0 saturated carbocycles. The quantitative estimate of drug-likeness (QED) is 0.696. The van der Waals surface area contributed by atoms with Gasteiger partial charge in [0, 0.05) is 13.1 Å². The van der Waals surface area contributed by atoms with E-state index in [2.05, 4.69) is 6.07 Å². The van der Waals surface area contributed by atoms with Crippen molar-refractivity contribution in [1.82, 2.24) is 4.90 Å². The van der Waals surface area contributed by atoms with Crippen molar-refractivity contribution in [3.8, 4) is 6.07 Å². The molecule has 1 fully saturated rings. The Morgan fingerprint density at radius 2 is 2.00 bits per heavy atom. The van der Waals surface area contributed by atoms with Crippen LogP contribution in [0, 0.1) is 17.2 Å². The van der Waals surface area contributed by atoms with Crippen LogP contribution in [0.4, 0.5) is 4.79 Å². The van der Waals surface area contributed by atoms with E-state index < -0.39 is 11.7 Å². The Labute approximate surface area is 102 Å². The minimum absolute atomic E-state index is 0.372. The van der Waals surface area contributed by atoms with Gasteiger partial charge in [0.25, 0.3) is 0 Å². The first kappa shape index (κ1) is 13.8. The number of rotatable bonds is 0. The second-order valence-corrected chi connectivity index (χ2v) is 5.35. The fraction of sp³-hybridized carbons (Fsp3) is 0.833. The SMILES string of the molecule is CC(C)(C)OC(=O)N1CC[C@H](O)[C@@H](C#N)CC1. The summed E-state index contributed by atoms with van der Waals surface area (Å²) < 4.78 is 5.26. The molecule has 0 radical (unpaired) electrons. The molecule has 0 spiro atoms. The Morgan fingerprint density at radius 1 is 1.41 bits per heavy atom. The number of aliphatic hydroxyl groups excluding tert-OH is 1. The number of ether oxygens (including phenoxy) is 1. The number of nitriles is 1. The second kappa shape index (κ2) is 5.37. The van der Waals surface area contributed by atoms with Gasteiger partial charge in [-0.25, -0.2) is 4.79 Å². The van der Waals surface area contributed by atoms with E-state index in [4.69, 9.17) is 10.00 Å².